The molecule has 0 saturated carbocycles. The molecule has 2 N–H and O–H groups in total. The Morgan fingerprint density at radius 2 is 2.18 bits per heavy atom. The van der Waals surface area contributed by atoms with Crippen molar-refractivity contribution in [3.8, 4) is 0 Å². The summed E-state index contributed by atoms with van der Waals surface area (Å²) in [7, 11) is 1.77. The number of amides is 1. The zero-order chi connectivity index (χ0) is 13.1. The van der Waals surface area contributed by atoms with Crippen LogP contribution in [0.4, 0.5) is 0 Å². The van der Waals surface area contributed by atoms with Gasteiger partial charge in [0.2, 0.25) is 5.91 Å². The SMILES string of the molecule is CN(Cc1ccc(Br)o1)C(=O)CCC(C)(C)N. The highest BCUT2D eigenvalue weighted by molar-refractivity contribution is 9.10. The molecular weight excluding hydrogens is 284 g/mol. The van der Waals surface area contributed by atoms with E-state index in [1.165, 1.54) is 0 Å². The monoisotopic (exact) mass is 302 g/mol. The number of furan rings is 1. The van der Waals surface area contributed by atoms with Crippen molar-refractivity contribution < 1.29 is 9.21 Å². The zero-order valence-corrected chi connectivity index (χ0v) is 12.1. The van der Waals surface area contributed by atoms with Gasteiger partial charge in [-0.3, -0.25) is 4.79 Å². The molecule has 17 heavy (non-hydrogen) atoms. The topological polar surface area (TPSA) is 59.5 Å². The summed E-state index contributed by atoms with van der Waals surface area (Å²) in [4.78, 5) is 13.5. The highest BCUT2D eigenvalue weighted by Crippen LogP contribution is 2.16. The summed E-state index contributed by atoms with van der Waals surface area (Å²) in [5.74, 6) is 0.843. The Balaban J connectivity index is 2.42. The average Bonchev–Trinajstić information content (AvgIpc) is 2.59. The molecule has 96 valence electrons. The van der Waals surface area contributed by atoms with E-state index in [0.717, 1.165) is 5.76 Å². The minimum Gasteiger partial charge on any atom is -0.452 e. The van der Waals surface area contributed by atoms with E-state index in [9.17, 15) is 4.79 Å². The van der Waals surface area contributed by atoms with Crippen molar-refractivity contribution in [1.29, 1.82) is 0 Å². The van der Waals surface area contributed by atoms with Crippen molar-refractivity contribution in [2.45, 2.75) is 38.8 Å². The number of carbonyl (C=O) groups is 1. The smallest absolute Gasteiger partial charge is 0.222 e. The van der Waals surface area contributed by atoms with E-state index in [1.807, 2.05) is 26.0 Å². The predicted molar refractivity (Wildman–Crippen MR) is 70.4 cm³/mol. The van der Waals surface area contributed by atoms with Gasteiger partial charge in [-0.25, -0.2) is 0 Å². The number of carbonyl (C=O) groups excluding carboxylic acids is 1. The normalized spacial score (nSPS) is 11.6. The highest BCUT2D eigenvalue weighted by Gasteiger charge is 2.16. The molecular formula is C12H19BrN2O2. The van der Waals surface area contributed by atoms with Gasteiger partial charge in [0, 0.05) is 19.0 Å². The molecule has 0 aliphatic carbocycles. The third-order valence-corrected chi connectivity index (χ3v) is 2.86. The molecule has 0 aliphatic heterocycles. The van der Waals surface area contributed by atoms with Crippen molar-refractivity contribution in [2.75, 3.05) is 7.05 Å². The maximum atomic E-state index is 11.8. The lowest BCUT2D eigenvalue weighted by molar-refractivity contribution is -0.131. The molecule has 0 spiro atoms. The molecule has 0 aliphatic rings. The summed E-state index contributed by atoms with van der Waals surface area (Å²) in [6.07, 6.45) is 1.14. The Hall–Kier alpha value is -0.810. The van der Waals surface area contributed by atoms with Gasteiger partial charge in [-0.2, -0.15) is 0 Å². The van der Waals surface area contributed by atoms with Crippen LogP contribution in [0.2, 0.25) is 0 Å². The first-order valence-corrected chi connectivity index (χ1v) is 6.34. The van der Waals surface area contributed by atoms with Crippen molar-refractivity contribution in [2.24, 2.45) is 5.73 Å². The van der Waals surface area contributed by atoms with E-state index in [4.69, 9.17) is 10.2 Å². The van der Waals surface area contributed by atoms with Crippen LogP contribution < -0.4 is 5.73 Å². The fraction of sp³-hybridized carbons (Fsp3) is 0.583. The molecule has 1 amide bonds. The van der Waals surface area contributed by atoms with Gasteiger partial charge in [0.05, 0.1) is 6.54 Å². The van der Waals surface area contributed by atoms with Crippen LogP contribution in [0, 0.1) is 0 Å². The average molecular weight is 303 g/mol. The maximum absolute atomic E-state index is 11.8. The van der Waals surface area contributed by atoms with Crippen LogP contribution in [0.1, 0.15) is 32.4 Å². The van der Waals surface area contributed by atoms with Gasteiger partial charge in [0.25, 0.3) is 0 Å². The van der Waals surface area contributed by atoms with Crippen LogP contribution in [0.5, 0.6) is 0 Å². The first-order chi connectivity index (χ1) is 7.78. The summed E-state index contributed by atoms with van der Waals surface area (Å²) < 4.78 is 6.03. The van der Waals surface area contributed by atoms with Gasteiger partial charge < -0.3 is 15.1 Å². The van der Waals surface area contributed by atoms with Gasteiger partial charge >= 0.3 is 0 Å². The van der Waals surface area contributed by atoms with Gasteiger partial charge in [-0.15, -0.1) is 0 Å². The van der Waals surface area contributed by atoms with Gasteiger partial charge in [-0.05, 0) is 48.3 Å². The number of hydrogen-bond donors (Lipinski definition) is 1. The van der Waals surface area contributed by atoms with E-state index in [0.29, 0.717) is 24.1 Å². The number of nitrogens with zero attached hydrogens (tertiary/aromatic N) is 1. The van der Waals surface area contributed by atoms with Crippen LogP contribution in [0.25, 0.3) is 0 Å². The molecule has 1 heterocycles. The second-order valence-corrected chi connectivity index (χ2v) is 5.73. The van der Waals surface area contributed by atoms with E-state index in [1.54, 1.807) is 11.9 Å². The molecule has 0 unspecified atom stereocenters. The largest absolute Gasteiger partial charge is 0.452 e. The van der Waals surface area contributed by atoms with Gasteiger partial charge in [0.1, 0.15) is 5.76 Å². The summed E-state index contributed by atoms with van der Waals surface area (Å²) in [5, 5.41) is 0. The van der Waals surface area contributed by atoms with Crippen LogP contribution in [-0.2, 0) is 11.3 Å². The first-order valence-electron chi connectivity index (χ1n) is 5.55. The van der Waals surface area contributed by atoms with Gasteiger partial charge in [0.15, 0.2) is 4.67 Å². The fourth-order valence-electron chi connectivity index (χ4n) is 1.38. The molecule has 0 bridgehead atoms. The Morgan fingerprint density at radius 3 is 2.65 bits per heavy atom. The quantitative estimate of drug-likeness (QED) is 0.909. The number of hydrogen-bond acceptors (Lipinski definition) is 3. The van der Waals surface area contributed by atoms with Crippen LogP contribution in [-0.4, -0.2) is 23.4 Å². The van der Waals surface area contributed by atoms with Crippen molar-refractivity contribution in [3.05, 3.63) is 22.6 Å². The third-order valence-electron chi connectivity index (χ3n) is 2.43. The molecule has 0 radical (unpaired) electrons. The van der Waals surface area contributed by atoms with Gasteiger partial charge in [-0.1, -0.05) is 0 Å². The fourth-order valence-corrected chi connectivity index (χ4v) is 1.72. The van der Waals surface area contributed by atoms with Crippen molar-refractivity contribution in [1.82, 2.24) is 4.90 Å². The molecule has 1 rings (SSSR count). The lowest BCUT2D eigenvalue weighted by Gasteiger charge is -2.21. The van der Waals surface area contributed by atoms with Crippen molar-refractivity contribution in [3.63, 3.8) is 0 Å². The first kappa shape index (κ1) is 14.3. The molecule has 5 heteroatoms. The Kier molecular flexibility index (Phi) is 4.77. The number of halogens is 1. The molecule has 0 aromatic carbocycles. The number of nitrogens with two attached hydrogens (primary N) is 1. The van der Waals surface area contributed by atoms with Crippen LogP contribution in [0.3, 0.4) is 0 Å². The molecule has 1 aromatic rings. The standard InChI is InChI=1S/C12H19BrN2O2/c1-12(2,14)7-6-11(16)15(3)8-9-4-5-10(13)17-9/h4-5H,6-8,14H2,1-3H3. The third kappa shape index (κ3) is 5.37. The van der Waals surface area contributed by atoms with E-state index >= 15 is 0 Å². The number of rotatable bonds is 5. The summed E-state index contributed by atoms with van der Waals surface area (Å²) >= 11 is 3.23. The Labute approximate surface area is 110 Å². The minimum atomic E-state index is -0.301. The maximum Gasteiger partial charge on any atom is 0.222 e. The van der Waals surface area contributed by atoms with Crippen LogP contribution >= 0.6 is 15.9 Å². The predicted octanol–water partition coefficient (Wildman–Crippen LogP) is 2.52. The summed E-state index contributed by atoms with van der Waals surface area (Å²) in [6.45, 7) is 4.32. The lowest BCUT2D eigenvalue weighted by Crippen LogP contribution is -2.34. The van der Waals surface area contributed by atoms with Crippen LogP contribution in [0.15, 0.2) is 21.2 Å². The lowest BCUT2D eigenvalue weighted by atomic mass is 10.00. The summed E-state index contributed by atoms with van der Waals surface area (Å²) in [5.41, 5.74) is 5.54. The molecule has 0 atom stereocenters. The second-order valence-electron chi connectivity index (χ2n) is 4.94. The minimum absolute atomic E-state index is 0.0797. The van der Waals surface area contributed by atoms with E-state index in [-0.39, 0.29) is 11.4 Å². The molecule has 1 aromatic heterocycles. The molecule has 0 fully saturated rings. The Bertz CT molecular complexity index is 382. The Morgan fingerprint density at radius 1 is 1.53 bits per heavy atom. The van der Waals surface area contributed by atoms with Crippen molar-refractivity contribution >= 4 is 21.8 Å². The molecule has 0 saturated heterocycles. The zero-order valence-electron chi connectivity index (χ0n) is 10.5. The van der Waals surface area contributed by atoms with E-state index in [2.05, 4.69) is 15.9 Å². The summed E-state index contributed by atoms with van der Waals surface area (Å²) in [6, 6.07) is 3.66. The molecule has 4 nitrogen and oxygen atoms in total. The highest BCUT2D eigenvalue weighted by atomic mass is 79.9. The van der Waals surface area contributed by atoms with E-state index < -0.39 is 0 Å². The second kappa shape index (κ2) is 5.69.